The fourth-order valence-electron chi connectivity index (χ4n) is 3.21. The highest BCUT2D eigenvalue weighted by Gasteiger charge is 2.23. The molecule has 0 radical (unpaired) electrons. The summed E-state index contributed by atoms with van der Waals surface area (Å²) in [7, 11) is 0. The summed E-state index contributed by atoms with van der Waals surface area (Å²) in [5.41, 5.74) is 3.15. The molecule has 0 saturated heterocycles. The average molecular weight is 382 g/mol. The van der Waals surface area contributed by atoms with E-state index in [9.17, 15) is 9.18 Å². The number of halogens is 2. The van der Waals surface area contributed by atoms with E-state index in [-0.39, 0.29) is 18.3 Å². The van der Waals surface area contributed by atoms with Crippen LogP contribution in [0, 0.1) is 5.82 Å². The number of carbonyl (C=O) groups is 1. The summed E-state index contributed by atoms with van der Waals surface area (Å²) in [6.07, 6.45) is 0.160. The minimum absolute atomic E-state index is 0.160. The minimum atomic E-state index is -0.407. The van der Waals surface area contributed by atoms with Crippen LogP contribution < -0.4 is 0 Å². The highest BCUT2D eigenvalue weighted by Crippen LogP contribution is 2.29. The van der Waals surface area contributed by atoms with Gasteiger partial charge in [-0.2, -0.15) is 0 Å². The Morgan fingerprint density at radius 2 is 1.30 bits per heavy atom. The van der Waals surface area contributed by atoms with Gasteiger partial charge in [-0.1, -0.05) is 72.8 Å². The molecule has 0 unspecified atom stereocenters. The van der Waals surface area contributed by atoms with Crippen molar-refractivity contribution in [3.8, 4) is 0 Å². The van der Waals surface area contributed by atoms with E-state index in [2.05, 4.69) is 29.2 Å². The predicted molar refractivity (Wildman–Crippen MR) is 107 cm³/mol. The van der Waals surface area contributed by atoms with E-state index in [1.807, 2.05) is 36.4 Å². The number of hydrogen-bond acceptors (Lipinski definition) is 2. The molecule has 0 amide bonds. The van der Waals surface area contributed by atoms with E-state index >= 15 is 0 Å². The van der Waals surface area contributed by atoms with Crippen molar-refractivity contribution in [2.24, 2.45) is 0 Å². The lowest BCUT2D eigenvalue weighted by Crippen LogP contribution is -2.29. The monoisotopic (exact) mass is 381 g/mol. The maximum Gasteiger partial charge on any atom is 0.223 e. The SMILES string of the molecule is O=C(Cl)C[C@H](c1ccc(F)cc1)N(Cc1ccccc1)Cc1ccccc1. The summed E-state index contributed by atoms with van der Waals surface area (Å²) in [6.45, 7) is 1.31. The summed E-state index contributed by atoms with van der Waals surface area (Å²) >= 11 is 5.76. The van der Waals surface area contributed by atoms with Crippen LogP contribution in [0.5, 0.6) is 0 Å². The topological polar surface area (TPSA) is 20.3 Å². The fourth-order valence-corrected chi connectivity index (χ4v) is 3.35. The van der Waals surface area contributed by atoms with E-state index in [0.717, 1.165) is 16.7 Å². The van der Waals surface area contributed by atoms with Gasteiger partial charge in [0.1, 0.15) is 5.82 Å². The molecule has 3 aromatic carbocycles. The van der Waals surface area contributed by atoms with Gasteiger partial charge >= 0.3 is 0 Å². The summed E-state index contributed by atoms with van der Waals surface area (Å²) in [5, 5.41) is -0.407. The van der Waals surface area contributed by atoms with Crippen LogP contribution in [0.1, 0.15) is 29.2 Å². The molecule has 0 aliphatic heterocycles. The molecule has 2 nitrogen and oxygen atoms in total. The van der Waals surface area contributed by atoms with Gasteiger partial charge in [-0.15, -0.1) is 0 Å². The lowest BCUT2D eigenvalue weighted by atomic mass is 10.0. The first-order chi connectivity index (χ1) is 13.1. The number of rotatable bonds is 8. The fraction of sp³-hybridized carbons (Fsp3) is 0.174. The molecule has 0 fully saturated rings. The first-order valence-electron chi connectivity index (χ1n) is 8.87. The Morgan fingerprint density at radius 1 is 0.815 bits per heavy atom. The molecule has 4 heteroatoms. The molecule has 0 saturated carbocycles. The average Bonchev–Trinajstić information content (AvgIpc) is 2.68. The molecule has 138 valence electrons. The quantitative estimate of drug-likeness (QED) is 0.465. The van der Waals surface area contributed by atoms with E-state index in [0.29, 0.717) is 13.1 Å². The molecule has 3 rings (SSSR count). The molecule has 1 atom stereocenters. The first kappa shape index (κ1) is 19.3. The Balaban J connectivity index is 1.95. The highest BCUT2D eigenvalue weighted by atomic mass is 35.5. The molecule has 3 aromatic rings. The first-order valence-corrected chi connectivity index (χ1v) is 9.25. The second kappa shape index (κ2) is 9.45. The van der Waals surface area contributed by atoms with Crippen LogP contribution in [0.25, 0.3) is 0 Å². The van der Waals surface area contributed by atoms with Crippen molar-refractivity contribution < 1.29 is 9.18 Å². The number of benzene rings is 3. The zero-order valence-electron chi connectivity index (χ0n) is 14.9. The van der Waals surface area contributed by atoms with E-state index in [1.54, 1.807) is 12.1 Å². The number of carbonyl (C=O) groups excluding carboxylic acids is 1. The lowest BCUT2D eigenvalue weighted by molar-refractivity contribution is -0.113. The van der Waals surface area contributed by atoms with Crippen molar-refractivity contribution >= 4 is 16.8 Å². The number of nitrogens with zero attached hydrogens (tertiary/aromatic N) is 1. The van der Waals surface area contributed by atoms with Gasteiger partial charge in [-0.25, -0.2) is 4.39 Å². The van der Waals surface area contributed by atoms with E-state index in [1.165, 1.54) is 12.1 Å². The molecule has 0 heterocycles. The van der Waals surface area contributed by atoms with Gasteiger partial charge in [0.2, 0.25) is 5.24 Å². The van der Waals surface area contributed by atoms with Crippen molar-refractivity contribution in [2.75, 3.05) is 0 Å². The second-order valence-corrected chi connectivity index (χ2v) is 6.92. The van der Waals surface area contributed by atoms with Gasteiger partial charge in [0.05, 0.1) is 0 Å². The molecule has 27 heavy (non-hydrogen) atoms. The Morgan fingerprint density at radius 3 is 1.74 bits per heavy atom. The third-order valence-corrected chi connectivity index (χ3v) is 4.66. The molecular formula is C23H21ClFNO. The van der Waals surface area contributed by atoms with Crippen LogP contribution in [0.15, 0.2) is 84.9 Å². The summed E-state index contributed by atoms with van der Waals surface area (Å²) < 4.78 is 13.4. The smallest absolute Gasteiger partial charge is 0.223 e. The Hall–Kier alpha value is -2.49. The van der Waals surface area contributed by atoms with E-state index < -0.39 is 5.24 Å². The third-order valence-electron chi connectivity index (χ3n) is 4.51. The Kier molecular flexibility index (Phi) is 6.74. The molecule has 0 aromatic heterocycles. The summed E-state index contributed by atoms with van der Waals surface area (Å²) in [5.74, 6) is -0.299. The normalized spacial score (nSPS) is 12.1. The maximum absolute atomic E-state index is 13.4. The molecule has 0 aliphatic carbocycles. The Labute approximate surface area is 164 Å². The minimum Gasteiger partial charge on any atom is -0.287 e. The summed E-state index contributed by atoms with van der Waals surface area (Å²) in [4.78, 5) is 14.0. The predicted octanol–water partition coefficient (Wildman–Crippen LogP) is 5.72. The third kappa shape index (κ3) is 5.75. The summed E-state index contributed by atoms with van der Waals surface area (Å²) in [6, 6.07) is 26.2. The van der Waals surface area contributed by atoms with Crippen LogP contribution in [0.4, 0.5) is 4.39 Å². The Bertz CT molecular complexity index is 811. The van der Waals surface area contributed by atoms with Gasteiger partial charge in [-0.3, -0.25) is 9.69 Å². The van der Waals surface area contributed by atoms with Crippen LogP contribution in [0.2, 0.25) is 0 Å². The largest absolute Gasteiger partial charge is 0.287 e. The van der Waals surface area contributed by atoms with Crippen molar-refractivity contribution in [2.45, 2.75) is 25.6 Å². The zero-order chi connectivity index (χ0) is 19.1. The zero-order valence-corrected chi connectivity index (χ0v) is 15.6. The molecular weight excluding hydrogens is 361 g/mol. The van der Waals surface area contributed by atoms with Crippen LogP contribution in [0.3, 0.4) is 0 Å². The van der Waals surface area contributed by atoms with Crippen molar-refractivity contribution in [1.29, 1.82) is 0 Å². The second-order valence-electron chi connectivity index (χ2n) is 6.50. The van der Waals surface area contributed by atoms with Gasteiger partial charge in [0.15, 0.2) is 0 Å². The highest BCUT2D eigenvalue weighted by molar-refractivity contribution is 6.63. The molecule has 0 bridgehead atoms. The number of hydrogen-bond donors (Lipinski definition) is 0. The van der Waals surface area contributed by atoms with Crippen LogP contribution in [-0.2, 0) is 17.9 Å². The molecule has 0 aliphatic rings. The van der Waals surface area contributed by atoms with Crippen molar-refractivity contribution in [3.63, 3.8) is 0 Å². The van der Waals surface area contributed by atoms with Crippen molar-refractivity contribution in [3.05, 3.63) is 107 Å². The van der Waals surface area contributed by atoms with Gasteiger partial charge in [-0.05, 0) is 40.4 Å². The van der Waals surface area contributed by atoms with Gasteiger partial charge < -0.3 is 0 Å². The van der Waals surface area contributed by atoms with Crippen LogP contribution in [-0.4, -0.2) is 10.1 Å². The lowest BCUT2D eigenvalue weighted by Gasteiger charge is -2.32. The molecule has 0 spiro atoms. The van der Waals surface area contributed by atoms with Crippen LogP contribution >= 0.6 is 11.6 Å². The van der Waals surface area contributed by atoms with Gasteiger partial charge in [0.25, 0.3) is 0 Å². The van der Waals surface area contributed by atoms with Crippen molar-refractivity contribution in [1.82, 2.24) is 4.90 Å². The van der Waals surface area contributed by atoms with E-state index in [4.69, 9.17) is 11.6 Å². The van der Waals surface area contributed by atoms with Gasteiger partial charge in [0, 0.05) is 25.6 Å². The standard InChI is InChI=1S/C23H21ClFNO/c24-23(27)15-22(20-11-13-21(25)14-12-20)26(16-18-7-3-1-4-8-18)17-19-9-5-2-6-10-19/h1-14,22H,15-17H2/t22-/m1/s1. The molecule has 0 N–H and O–H groups in total. The maximum atomic E-state index is 13.4.